The number of hydrogen-bond acceptors (Lipinski definition) is 5. The summed E-state index contributed by atoms with van der Waals surface area (Å²) in [7, 11) is 0. The van der Waals surface area contributed by atoms with Gasteiger partial charge in [0.1, 0.15) is 12.3 Å². The minimum Gasteiger partial charge on any atom is -0.394 e. The number of aliphatic hydroxyl groups excluding tert-OH is 2. The quantitative estimate of drug-likeness (QED) is 0.557. The van der Waals surface area contributed by atoms with Crippen molar-refractivity contribution in [2.24, 2.45) is 5.92 Å². The molecule has 96 valence electrons. The SMILES string of the molecule is CC1CN([C@@H]2C[C@@H](O)[C@@H](CO)O2)C(=O)NC1=O. The molecule has 7 heteroatoms. The Morgan fingerprint density at radius 1 is 1.53 bits per heavy atom. The molecular weight excluding hydrogens is 228 g/mol. The van der Waals surface area contributed by atoms with Crippen LogP contribution in [-0.2, 0) is 9.53 Å². The summed E-state index contributed by atoms with van der Waals surface area (Å²) in [4.78, 5) is 24.2. The number of nitrogens with zero attached hydrogens (tertiary/aromatic N) is 1. The van der Waals surface area contributed by atoms with E-state index in [4.69, 9.17) is 9.84 Å². The normalized spacial score (nSPS) is 38.4. The Labute approximate surface area is 98.3 Å². The van der Waals surface area contributed by atoms with Gasteiger partial charge in [0.05, 0.1) is 18.6 Å². The molecule has 0 aromatic carbocycles. The van der Waals surface area contributed by atoms with Crippen molar-refractivity contribution in [3.05, 3.63) is 0 Å². The van der Waals surface area contributed by atoms with Crippen LogP contribution in [0.1, 0.15) is 13.3 Å². The second-order valence-corrected chi connectivity index (χ2v) is 4.46. The van der Waals surface area contributed by atoms with Crippen LogP contribution in [0.25, 0.3) is 0 Å². The molecule has 2 saturated heterocycles. The summed E-state index contributed by atoms with van der Waals surface area (Å²) in [5.41, 5.74) is 0. The number of ether oxygens (including phenoxy) is 1. The van der Waals surface area contributed by atoms with Crippen molar-refractivity contribution in [3.63, 3.8) is 0 Å². The monoisotopic (exact) mass is 244 g/mol. The molecule has 0 aromatic rings. The maximum absolute atomic E-state index is 11.6. The highest BCUT2D eigenvalue weighted by Gasteiger charge is 2.41. The van der Waals surface area contributed by atoms with Crippen LogP contribution in [0.2, 0.25) is 0 Å². The highest BCUT2D eigenvalue weighted by Crippen LogP contribution is 2.25. The van der Waals surface area contributed by atoms with Crippen LogP contribution in [0.15, 0.2) is 0 Å². The summed E-state index contributed by atoms with van der Waals surface area (Å²) < 4.78 is 5.37. The van der Waals surface area contributed by atoms with E-state index in [0.29, 0.717) is 0 Å². The standard InChI is InChI=1S/C10H16N2O5/c1-5-3-12(10(16)11-9(5)15)8-2-6(14)7(4-13)17-8/h5-8,13-14H,2-4H2,1H3,(H,11,15,16)/t5?,6-,7-,8+/m1/s1. The van der Waals surface area contributed by atoms with Gasteiger partial charge in [-0.1, -0.05) is 6.92 Å². The average Bonchev–Trinajstić information content (AvgIpc) is 2.65. The fourth-order valence-corrected chi connectivity index (χ4v) is 2.08. The number of urea groups is 1. The number of hydrogen-bond donors (Lipinski definition) is 3. The zero-order valence-electron chi connectivity index (χ0n) is 9.50. The van der Waals surface area contributed by atoms with Crippen LogP contribution in [0, 0.1) is 5.92 Å². The third kappa shape index (κ3) is 2.26. The van der Waals surface area contributed by atoms with Crippen LogP contribution < -0.4 is 5.32 Å². The molecule has 7 nitrogen and oxygen atoms in total. The lowest BCUT2D eigenvalue weighted by Crippen LogP contribution is -2.57. The number of carbonyl (C=O) groups excluding carboxylic acids is 2. The van der Waals surface area contributed by atoms with Gasteiger partial charge in [0, 0.05) is 13.0 Å². The van der Waals surface area contributed by atoms with Crippen molar-refractivity contribution in [2.45, 2.75) is 31.8 Å². The maximum atomic E-state index is 11.6. The predicted octanol–water partition coefficient (Wildman–Crippen LogP) is -1.36. The summed E-state index contributed by atoms with van der Waals surface area (Å²) >= 11 is 0. The average molecular weight is 244 g/mol. The first-order valence-corrected chi connectivity index (χ1v) is 5.58. The lowest BCUT2D eigenvalue weighted by molar-refractivity contribution is -0.128. The first kappa shape index (κ1) is 12.3. The molecule has 2 aliphatic heterocycles. The molecule has 2 fully saturated rings. The smallest absolute Gasteiger partial charge is 0.326 e. The highest BCUT2D eigenvalue weighted by atomic mass is 16.5. The van der Waals surface area contributed by atoms with E-state index in [2.05, 4.69) is 5.32 Å². The van der Waals surface area contributed by atoms with Crippen molar-refractivity contribution in [1.82, 2.24) is 10.2 Å². The molecule has 2 aliphatic rings. The van der Waals surface area contributed by atoms with Gasteiger partial charge in [-0.05, 0) is 0 Å². The third-order valence-corrected chi connectivity index (χ3v) is 3.14. The van der Waals surface area contributed by atoms with E-state index in [0.717, 1.165) is 0 Å². The van der Waals surface area contributed by atoms with Gasteiger partial charge in [0.2, 0.25) is 5.91 Å². The Bertz CT molecular complexity index is 335. The summed E-state index contributed by atoms with van der Waals surface area (Å²) in [6.07, 6.45) is -1.79. The molecule has 0 saturated carbocycles. The molecule has 17 heavy (non-hydrogen) atoms. The molecule has 0 bridgehead atoms. The van der Waals surface area contributed by atoms with Gasteiger partial charge in [-0.25, -0.2) is 4.79 Å². The maximum Gasteiger partial charge on any atom is 0.326 e. The molecule has 2 rings (SSSR count). The second-order valence-electron chi connectivity index (χ2n) is 4.46. The molecule has 3 amide bonds. The minimum atomic E-state index is -0.786. The molecule has 2 heterocycles. The fraction of sp³-hybridized carbons (Fsp3) is 0.800. The predicted molar refractivity (Wildman–Crippen MR) is 55.8 cm³/mol. The number of rotatable bonds is 2. The summed E-state index contributed by atoms with van der Waals surface area (Å²) in [6, 6.07) is -0.510. The van der Waals surface area contributed by atoms with Gasteiger partial charge in [-0.2, -0.15) is 0 Å². The van der Waals surface area contributed by atoms with Crippen LogP contribution in [0.4, 0.5) is 4.79 Å². The van der Waals surface area contributed by atoms with E-state index in [1.165, 1.54) is 4.90 Å². The Kier molecular flexibility index (Phi) is 3.32. The van der Waals surface area contributed by atoms with Crippen LogP contribution in [-0.4, -0.2) is 58.6 Å². The number of amides is 3. The highest BCUT2D eigenvalue weighted by molar-refractivity contribution is 5.97. The zero-order chi connectivity index (χ0) is 12.6. The Balaban J connectivity index is 2.03. The van der Waals surface area contributed by atoms with E-state index in [9.17, 15) is 14.7 Å². The van der Waals surface area contributed by atoms with Gasteiger partial charge in [-0.3, -0.25) is 15.0 Å². The molecule has 3 N–H and O–H groups in total. The Hall–Kier alpha value is -1.18. The Morgan fingerprint density at radius 3 is 2.82 bits per heavy atom. The topological polar surface area (TPSA) is 99.1 Å². The molecule has 1 unspecified atom stereocenters. The van der Waals surface area contributed by atoms with Gasteiger partial charge < -0.3 is 14.9 Å². The van der Waals surface area contributed by atoms with E-state index in [-0.39, 0.29) is 31.4 Å². The first-order chi connectivity index (χ1) is 8.02. The molecule has 4 atom stereocenters. The van der Waals surface area contributed by atoms with Gasteiger partial charge >= 0.3 is 6.03 Å². The van der Waals surface area contributed by atoms with E-state index in [1.54, 1.807) is 6.92 Å². The summed E-state index contributed by atoms with van der Waals surface area (Å²) in [5, 5.41) is 20.8. The number of carbonyl (C=O) groups is 2. The first-order valence-electron chi connectivity index (χ1n) is 5.58. The number of nitrogens with one attached hydrogen (secondary N) is 1. The molecule has 0 aromatic heterocycles. The molecular formula is C10H16N2O5. The number of imide groups is 1. The van der Waals surface area contributed by atoms with Gasteiger partial charge in [-0.15, -0.1) is 0 Å². The van der Waals surface area contributed by atoms with Crippen molar-refractivity contribution in [3.8, 4) is 0 Å². The van der Waals surface area contributed by atoms with E-state index < -0.39 is 24.5 Å². The van der Waals surface area contributed by atoms with Crippen molar-refractivity contribution < 1.29 is 24.5 Å². The minimum absolute atomic E-state index is 0.250. The fourth-order valence-electron chi connectivity index (χ4n) is 2.08. The Morgan fingerprint density at radius 2 is 2.24 bits per heavy atom. The van der Waals surface area contributed by atoms with Crippen LogP contribution >= 0.6 is 0 Å². The number of aliphatic hydroxyl groups is 2. The molecule has 0 aliphatic carbocycles. The summed E-state index contributed by atoms with van der Waals surface area (Å²) in [6.45, 7) is 1.69. The molecule has 0 spiro atoms. The zero-order valence-corrected chi connectivity index (χ0v) is 9.50. The lowest BCUT2D eigenvalue weighted by Gasteiger charge is -2.34. The largest absolute Gasteiger partial charge is 0.394 e. The third-order valence-electron chi connectivity index (χ3n) is 3.14. The van der Waals surface area contributed by atoms with Crippen LogP contribution in [0.5, 0.6) is 0 Å². The van der Waals surface area contributed by atoms with E-state index in [1.807, 2.05) is 0 Å². The van der Waals surface area contributed by atoms with Gasteiger partial charge in [0.15, 0.2) is 0 Å². The van der Waals surface area contributed by atoms with Crippen molar-refractivity contribution in [2.75, 3.05) is 13.2 Å². The molecule has 0 radical (unpaired) electrons. The van der Waals surface area contributed by atoms with E-state index >= 15 is 0 Å². The second kappa shape index (κ2) is 4.59. The van der Waals surface area contributed by atoms with Crippen molar-refractivity contribution >= 4 is 11.9 Å². The van der Waals surface area contributed by atoms with Crippen molar-refractivity contribution in [1.29, 1.82) is 0 Å². The van der Waals surface area contributed by atoms with Crippen LogP contribution in [0.3, 0.4) is 0 Å². The lowest BCUT2D eigenvalue weighted by atomic mass is 10.1. The summed E-state index contributed by atoms with van der Waals surface area (Å²) in [5.74, 6) is -0.606. The van der Waals surface area contributed by atoms with Gasteiger partial charge in [0.25, 0.3) is 0 Å².